The van der Waals surface area contributed by atoms with Crippen LogP contribution in [0.5, 0.6) is 0 Å². The molecule has 0 saturated carbocycles. The highest BCUT2D eigenvalue weighted by Gasteiger charge is 2.46. The summed E-state index contributed by atoms with van der Waals surface area (Å²) in [5, 5.41) is 16.5. The van der Waals surface area contributed by atoms with E-state index in [0.717, 1.165) is 0 Å². The summed E-state index contributed by atoms with van der Waals surface area (Å²) in [6.07, 6.45) is -1.67. The molecule has 7 nitrogen and oxygen atoms in total. The number of rotatable bonds is 2. The van der Waals surface area contributed by atoms with E-state index in [4.69, 9.17) is 10.3 Å². The van der Waals surface area contributed by atoms with Crippen molar-refractivity contribution >= 4 is 6.09 Å². The van der Waals surface area contributed by atoms with Crippen molar-refractivity contribution in [2.24, 2.45) is 10.5 Å². The third kappa shape index (κ3) is 2.77. The Balaban J connectivity index is 2.87. The highest BCUT2D eigenvalue weighted by atomic mass is 16.5. The average molecular weight is 228 g/mol. The third-order valence-corrected chi connectivity index (χ3v) is 2.53. The third-order valence-electron chi connectivity index (χ3n) is 2.53. The topological polar surface area (TPSA) is 112 Å². The molecule has 1 saturated heterocycles. The van der Waals surface area contributed by atoms with Crippen LogP contribution in [0.1, 0.15) is 20.8 Å². The molecule has 3 atom stereocenters. The van der Waals surface area contributed by atoms with Crippen LogP contribution < -0.4 is 15.3 Å². The van der Waals surface area contributed by atoms with Crippen molar-refractivity contribution in [1.29, 1.82) is 5.53 Å². The fraction of sp³-hybridized carbons (Fsp3) is 0.889. The summed E-state index contributed by atoms with van der Waals surface area (Å²) in [7, 11) is 0. The molecule has 0 spiro atoms. The molecule has 0 bridgehead atoms. The number of amides is 1. The van der Waals surface area contributed by atoms with Gasteiger partial charge in [0.15, 0.2) is 6.04 Å². The van der Waals surface area contributed by atoms with Crippen molar-refractivity contribution in [2.45, 2.75) is 39.0 Å². The number of nitrogens with zero attached hydrogens (tertiary/aromatic N) is 2. The highest BCUT2D eigenvalue weighted by Crippen LogP contribution is 2.31. The quantitative estimate of drug-likeness (QED) is 0.497. The molecule has 0 aliphatic carbocycles. The van der Waals surface area contributed by atoms with Crippen molar-refractivity contribution in [3.63, 3.8) is 0 Å². The lowest BCUT2D eigenvalue weighted by molar-refractivity contribution is -0.252. The van der Waals surface area contributed by atoms with E-state index in [0.29, 0.717) is 0 Å². The van der Waals surface area contributed by atoms with Crippen molar-refractivity contribution in [3.05, 3.63) is 0 Å². The van der Waals surface area contributed by atoms with Gasteiger partial charge in [0.05, 0.1) is 18.8 Å². The molecular weight excluding hydrogens is 212 g/mol. The molecule has 0 aromatic carbocycles. The van der Waals surface area contributed by atoms with Gasteiger partial charge in [0.25, 0.3) is 0 Å². The monoisotopic (exact) mass is 228 g/mol. The molecule has 1 amide bonds. The summed E-state index contributed by atoms with van der Waals surface area (Å²) >= 11 is 0. The van der Waals surface area contributed by atoms with Crippen molar-refractivity contribution < 1.29 is 14.6 Å². The molecule has 16 heavy (non-hydrogen) atoms. The van der Waals surface area contributed by atoms with E-state index in [-0.39, 0.29) is 18.1 Å². The Hall–Kier alpha value is -1.46. The number of ether oxygens (including phenoxy) is 1. The van der Waals surface area contributed by atoms with E-state index in [1.54, 1.807) is 0 Å². The van der Waals surface area contributed by atoms with Gasteiger partial charge < -0.3 is 20.0 Å². The molecule has 7 heteroatoms. The SMILES string of the molecule is CC(C)(C)C1OC[C@@H](N=[N+]=N)[C@H]1NC(=O)[O-]. The molecule has 0 radical (unpaired) electrons. The van der Waals surface area contributed by atoms with Gasteiger partial charge in [-0.25, -0.2) is 0 Å². The van der Waals surface area contributed by atoms with Gasteiger partial charge >= 0.3 is 0 Å². The largest absolute Gasteiger partial charge is 0.530 e. The number of hydrogen-bond acceptors (Lipinski definition) is 5. The second-order valence-corrected chi connectivity index (χ2v) is 4.86. The molecule has 1 heterocycles. The molecule has 1 aliphatic heterocycles. The van der Waals surface area contributed by atoms with Gasteiger partial charge in [-0.05, 0) is 5.41 Å². The van der Waals surface area contributed by atoms with Gasteiger partial charge in [-0.1, -0.05) is 20.8 Å². The van der Waals surface area contributed by atoms with Crippen LogP contribution in [-0.2, 0) is 4.74 Å². The average Bonchev–Trinajstić information content (AvgIpc) is 2.47. The second-order valence-electron chi connectivity index (χ2n) is 4.86. The Morgan fingerprint density at radius 2 is 2.25 bits per heavy atom. The van der Waals surface area contributed by atoms with Crippen molar-refractivity contribution in [3.8, 4) is 0 Å². The van der Waals surface area contributed by atoms with Crippen LogP contribution in [0.4, 0.5) is 4.79 Å². The van der Waals surface area contributed by atoms with Crippen LogP contribution in [-0.4, -0.2) is 30.9 Å². The van der Waals surface area contributed by atoms with Gasteiger partial charge in [-0.2, -0.15) is 0 Å². The Bertz CT molecular complexity index is 319. The van der Waals surface area contributed by atoms with Gasteiger partial charge in [0, 0.05) is 0 Å². The summed E-state index contributed by atoms with van der Waals surface area (Å²) in [6, 6.07) is -0.973. The Kier molecular flexibility index (Phi) is 3.62. The molecule has 1 fully saturated rings. The van der Waals surface area contributed by atoms with Crippen LogP contribution in [0.15, 0.2) is 5.11 Å². The number of carbonyl (C=O) groups is 1. The van der Waals surface area contributed by atoms with E-state index in [9.17, 15) is 9.90 Å². The van der Waals surface area contributed by atoms with Crippen LogP contribution in [0, 0.1) is 10.9 Å². The van der Waals surface area contributed by atoms with Crippen molar-refractivity contribution in [2.75, 3.05) is 6.61 Å². The summed E-state index contributed by atoms with van der Waals surface area (Å²) < 4.78 is 5.51. The van der Waals surface area contributed by atoms with Gasteiger partial charge in [0.2, 0.25) is 4.91 Å². The number of carboxylic acid groups (broad SMARTS) is 1. The maximum absolute atomic E-state index is 10.6. The Morgan fingerprint density at radius 3 is 2.69 bits per heavy atom. The van der Waals surface area contributed by atoms with Crippen molar-refractivity contribution in [1.82, 2.24) is 10.2 Å². The fourth-order valence-electron chi connectivity index (χ4n) is 1.89. The molecule has 2 N–H and O–H groups in total. The first kappa shape index (κ1) is 12.6. The molecule has 1 unspecified atom stereocenters. The maximum atomic E-state index is 10.6. The van der Waals surface area contributed by atoms with Gasteiger partial charge in [-0.15, -0.1) is 0 Å². The first-order chi connectivity index (χ1) is 7.36. The zero-order valence-electron chi connectivity index (χ0n) is 9.56. The minimum Gasteiger partial charge on any atom is -0.530 e. The predicted molar refractivity (Wildman–Crippen MR) is 52.6 cm³/mol. The minimum absolute atomic E-state index is 0.223. The minimum atomic E-state index is -1.37. The molecule has 1 aliphatic rings. The van der Waals surface area contributed by atoms with Gasteiger partial charge in [0.1, 0.15) is 16.7 Å². The summed E-state index contributed by atoms with van der Waals surface area (Å²) in [6.45, 7) is 6.10. The molecule has 1 rings (SSSR count). The first-order valence-electron chi connectivity index (χ1n) is 5.02. The number of hydrogen-bond donors (Lipinski definition) is 2. The smallest absolute Gasteiger partial charge is 0.214 e. The van der Waals surface area contributed by atoms with E-state index in [1.165, 1.54) is 0 Å². The van der Waals surface area contributed by atoms with E-state index in [2.05, 4.69) is 15.3 Å². The van der Waals surface area contributed by atoms with Crippen LogP contribution in [0.3, 0.4) is 0 Å². The zero-order valence-corrected chi connectivity index (χ0v) is 9.56. The molecule has 0 aromatic rings. The number of nitrogens with one attached hydrogen (secondary N) is 2. The van der Waals surface area contributed by atoms with Gasteiger partial charge in [-0.3, -0.25) is 0 Å². The number of carbonyl (C=O) groups excluding carboxylic acids is 1. The molecule has 90 valence electrons. The van der Waals surface area contributed by atoms with Crippen LogP contribution in [0.25, 0.3) is 0 Å². The molecular formula is C9H16N4O3. The predicted octanol–water partition coefficient (Wildman–Crippen LogP) is -0.348. The van der Waals surface area contributed by atoms with Crippen LogP contribution >= 0.6 is 0 Å². The maximum Gasteiger partial charge on any atom is 0.214 e. The lowest BCUT2D eigenvalue weighted by Crippen LogP contribution is -2.54. The van der Waals surface area contributed by atoms with E-state index >= 15 is 0 Å². The lowest BCUT2D eigenvalue weighted by Gasteiger charge is -2.32. The lowest BCUT2D eigenvalue weighted by atomic mass is 9.84. The summed E-state index contributed by atoms with van der Waals surface area (Å²) in [4.78, 5) is 13.5. The van der Waals surface area contributed by atoms with Crippen LogP contribution in [0.2, 0.25) is 0 Å². The fourth-order valence-corrected chi connectivity index (χ4v) is 1.89. The standard InChI is InChI=1S/C9H16N4O3/c1-9(2,3)7-6(11-8(14)15)5(4-16-7)12-13-10/h5-7,10-11H,4H2,1-3H3/t5-,6-,7?/m1/s1. The van der Waals surface area contributed by atoms with E-state index < -0.39 is 18.2 Å². The van der Waals surface area contributed by atoms with E-state index in [1.807, 2.05) is 20.8 Å². The highest BCUT2D eigenvalue weighted by molar-refractivity contribution is 5.62. The summed E-state index contributed by atoms with van der Waals surface area (Å²) in [5.74, 6) is 0. The second kappa shape index (κ2) is 4.59. The first-order valence-corrected chi connectivity index (χ1v) is 5.02. The summed E-state index contributed by atoms with van der Waals surface area (Å²) in [5.41, 5.74) is 6.45. The normalized spacial score (nSPS) is 29.6. The Morgan fingerprint density at radius 1 is 1.62 bits per heavy atom. The zero-order chi connectivity index (χ0) is 12.3. The Labute approximate surface area is 93.4 Å². The molecule has 0 aromatic heterocycles.